The number of methoxy groups -OCH3 is 1. The van der Waals surface area contributed by atoms with Gasteiger partial charge in [-0.2, -0.15) is 0 Å². The Bertz CT molecular complexity index is 1550. The number of aromatic nitrogens is 1. The zero-order valence-corrected chi connectivity index (χ0v) is 23.3. The third kappa shape index (κ3) is 5.38. The van der Waals surface area contributed by atoms with Gasteiger partial charge >= 0.3 is 5.97 Å². The maximum Gasteiger partial charge on any atom is 0.338 e. The molecule has 0 aliphatic carbocycles. The number of nitrogens with zero attached hydrogens (tertiary/aromatic N) is 2. The van der Waals surface area contributed by atoms with Gasteiger partial charge in [-0.25, -0.2) is 9.79 Å². The van der Waals surface area contributed by atoms with E-state index >= 15 is 0 Å². The van der Waals surface area contributed by atoms with Crippen molar-refractivity contribution in [1.82, 2.24) is 4.57 Å². The van der Waals surface area contributed by atoms with Crippen LogP contribution in [0.25, 0.3) is 6.08 Å². The Morgan fingerprint density at radius 3 is 2.55 bits per heavy atom. The lowest BCUT2D eigenvalue weighted by Crippen LogP contribution is -2.40. The van der Waals surface area contributed by atoms with Crippen molar-refractivity contribution in [3.63, 3.8) is 0 Å². The Hall–Kier alpha value is -3.85. The molecule has 4 rings (SSSR count). The number of para-hydroxylation sites is 1. The van der Waals surface area contributed by atoms with Gasteiger partial charge in [-0.1, -0.05) is 35.6 Å². The largest absolute Gasteiger partial charge is 0.494 e. The minimum Gasteiger partial charge on any atom is -0.494 e. The molecule has 2 heterocycles. The van der Waals surface area contributed by atoms with Crippen molar-refractivity contribution in [2.45, 2.75) is 46.8 Å². The molecule has 1 aromatic heterocycles. The highest BCUT2D eigenvalue weighted by Crippen LogP contribution is 2.36. The normalized spacial score (nSPS) is 15.2. The Kier molecular flexibility index (Phi) is 8.36. The van der Waals surface area contributed by atoms with Gasteiger partial charge < -0.3 is 18.9 Å². The molecule has 2 aromatic carbocycles. The summed E-state index contributed by atoms with van der Waals surface area (Å²) in [5, 5.41) is 0. The van der Waals surface area contributed by atoms with Gasteiger partial charge in [0.1, 0.15) is 11.8 Å². The number of allylic oxidation sites excluding steroid dienone is 1. The molecular formula is C29H32N2O6S. The van der Waals surface area contributed by atoms with E-state index in [1.807, 2.05) is 63.2 Å². The summed E-state index contributed by atoms with van der Waals surface area (Å²) in [6.07, 6.45) is 1.79. The number of ether oxygens (including phenoxy) is 4. The number of thiazole rings is 1. The molecule has 1 atom stereocenters. The number of hydrogen-bond acceptors (Lipinski definition) is 8. The molecule has 0 unspecified atom stereocenters. The van der Waals surface area contributed by atoms with E-state index in [4.69, 9.17) is 18.9 Å². The minimum absolute atomic E-state index is 0.00478. The van der Waals surface area contributed by atoms with Gasteiger partial charge in [0.15, 0.2) is 16.3 Å². The van der Waals surface area contributed by atoms with Crippen LogP contribution in [0.5, 0.6) is 17.2 Å². The first-order valence-corrected chi connectivity index (χ1v) is 13.4. The Balaban J connectivity index is 1.91. The van der Waals surface area contributed by atoms with Crippen molar-refractivity contribution < 1.29 is 23.7 Å². The van der Waals surface area contributed by atoms with E-state index in [-0.39, 0.29) is 18.3 Å². The van der Waals surface area contributed by atoms with Crippen molar-refractivity contribution in [3.05, 3.63) is 84.5 Å². The summed E-state index contributed by atoms with van der Waals surface area (Å²) >= 11 is 1.26. The van der Waals surface area contributed by atoms with Gasteiger partial charge in [-0.3, -0.25) is 9.36 Å². The number of rotatable bonds is 9. The maximum absolute atomic E-state index is 13.9. The second-order valence-corrected chi connectivity index (χ2v) is 9.86. The predicted molar refractivity (Wildman–Crippen MR) is 147 cm³/mol. The summed E-state index contributed by atoms with van der Waals surface area (Å²) < 4.78 is 24.6. The highest BCUT2D eigenvalue weighted by Gasteiger charge is 2.35. The predicted octanol–water partition coefficient (Wildman–Crippen LogP) is 3.99. The standard InChI is InChI=1S/C29H32N2O6S/c1-7-35-21-12-10-9-11-20(21)26-25(28(33)36-8-2)18(5)30-29-31(26)27(32)24(38-29)16-19-13-14-22(37-17(3)4)23(15-19)34-6/h9-17,26H,7-8H2,1-6H3/b24-16-/t26-/m1/s1. The Labute approximate surface area is 225 Å². The average Bonchev–Trinajstić information content (AvgIpc) is 3.18. The summed E-state index contributed by atoms with van der Waals surface area (Å²) in [6.45, 7) is 9.94. The monoisotopic (exact) mass is 536 g/mol. The molecule has 0 bridgehead atoms. The van der Waals surface area contributed by atoms with Crippen LogP contribution < -0.4 is 29.1 Å². The molecule has 8 nitrogen and oxygen atoms in total. The smallest absolute Gasteiger partial charge is 0.338 e. The zero-order valence-electron chi connectivity index (χ0n) is 22.4. The molecule has 0 N–H and O–H groups in total. The van der Waals surface area contributed by atoms with Crippen LogP contribution in [-0.4, -0.2) is 37.0 Å². The number of esters is 1. The van der Waals surface area contributed by atoms with E-state index in [2.05, 4.69) is 4.99 Å². The second kappa shape index (κ2) is 11.7. The second-order valence-electron chi connectivity index (χ2n) is 8.85. The van der Waals surface area contributed by atoms with Crippen molar-refractivity contribution >= 4 is 23.4 Å². The van der Waals surface area contributed by atoms with Gasteiger partial charge in [0.25, 0.3) is 5.56 Å². The molecule has 200 valence electrons. The molecule has 1 aliphatic rings. The van der Waals surface area contributed by atoms with Crippen LogP contribution in [0.1, 0.15) is 51.8 Å². The molecule has 0 saturated heterocycles. The molecule has 0 radical (unpaired) electrons. The lowest BCUT2D eigenvalue weighted by Gasteiger charge is -2.26. The number of benzene rings is 2. The summed E-state index contributed by atoms with van der Waals surface area (Å²) in [7, 11) is 1.58. The first kappa shape index (κ1) is 27.2. The molecule has 0 amide bonds. The summed E-state index contributed by atoms with van der Waals surface area (Å²) in [5.74, 6) is 1.29. The summed E-state index contributed by atoms with van der Waals surface area (Å²) in [6, 6.07) is 12.2. The molecule has 1 aliphatic heterocycles. The van der Waals surface area contributed by atoms with E-state index in [9.17, 15) is 9.59 Å². The first-order chi connectivity index (χ1) is 18.3. The average molecular weight is 537 g/mol. The van der Waals surface area contributed by atoms with Crippen LogP contribution in [0.4, 0.5) is 0 Å². The van der Waals surface area contributed by atoms with Crippen LogP contribution >= 0.6 is 11.3 Å². The number of carbonyl (C=O) groups is 1. The van der Waals surface area contributed by atoms with Crippen molar-refractivity contribution in [3.8, 4) is 17.2 Å². The van der Waals surface area contributed by atoms with Crippen LogP contribution in [0.15, 0.2) is 63.5 Å². The fraction of sp³-hybridized carbons (Fsp3) is 0.345. The number of fused-ring (bicyclic) bond motifs is 1. The van der Waals surface area contributed by atoms with Gasteiger partial charge in [-0.15, -0.1) is 0 Å². The van der Waals surface area contributed by atoms with E-state index in [0.717, 1.165) is 5.56 Å². The van der Waals surface area contributed by atoms with Gasteiger partial charge in [-0.05, 0) is 64.5 Å². The summed E-state index contributed by atoms with van der Waals surface area (Å²) in [5.41, 5.74) is 2.02. The lowest BCUT2D eigenvalue weighted by molar-refractivity contribution is -0.139. The third-order valence-electron chi connectivity index (χ3n) is 5.88. The fourth-order valence-electron chi connectivity index (χ4n) is 4.36. The molecule has 0 saturated carbocycles. The van der Waals surface area contributed by atoms with Crippen LogP contribution in [0.2, 0.25) is 0 Å². The molecule has 0 spiro atoms. The maximum atomic E-state index is 13.9. The third-order valence-corrected chi connectivity index (χ3v) is 6.86. The molecular weight excluding hydrogens is 504 g/mol. The van der Waals surface area contributed by atoms with E-state index in [1.54, 1.807) is 31.6 Å². The fourth-order valence-corrected chi connectivity index (χ4v) is 5.40. The van der Waals surface area contributed by atoms with E-state index in [1.165, 1.54) is 11.3 Å². The van der Waals surface area contributed by atoms with Gasteiger partial charge in [0, 0.05) is 5.56 Å². The van der Waals surface area contributed by atoms with Crippen molar-refractivity contribution in [1.29, 1.82) is 0 Å². The van der Waals surface area contributed by atoms with Gasteiger partial charge in [0.2, 0.25) is 0 Å². The molecule has 0 fully saturated rings. The quantitative estimate of drug-likeness (QED) is 0.384. The highest BCUT2D eigenvalue weighted by molar-refractivity contribution is 7.07. The Morgan fingerprint density at radius 1 is 1.11 bits per heavy atom. The van der Waals surface area contributed by atoms with Crippen molar-refractivity contribution in [2.24, 2.45) is 4.99 Å². The van der Waals surface area contributed by atoms with Crippen LogP contribution in [0, 0.1) is 0 Å². The number of carbonyl (C=O) groups excluding carboxylic acids is 1. The highest BCUT2D eigenvalue weighted by atomic mass is 32.1. The van der Waals surface area contributed by atoms with E-state index < -0.39 is 12.0 Å². The van der Waals surface area contributed by atoms with E-state index in [0.29, 0.717) is 50.0 Å². The zero-order chi connectivity index (χ0) is 27.4. The topological polar surface area (TPSA) is 88.4 Å². The van der Waals surface area contributed by atoms with Crippen LogP contribution in [0.3, 0.4) is 0 Å². The lowest BCUT2D eigenvalue weighted by atomic mass is 9.95. The minimum atomic E-state index is -0.744. The first-order valence-electron chi connectivity index (χ1n) is 12.5. The molecule has 9 heteroatoms. The number of hydrogen-bond donors (Lipinski definition) is 0. The summed E-state index contributed by atoms with van der Waals surface area (Å²) in [4.78, 5) is 32.1. The SMILES string of the molecule is CCOC(=O)C1=C(C)N=c2s/c(=C\c3ccc(OC(C)C)c(OC)c3)c(=O)n2[C@@H]1c1ccccc1OCC. The molecule has 3 aromatic rings. The molecule has 38 heavy (non-hydrogen) atoms. The van der Waals surface area contributed by atoms with Crippen LogP contribution in [-0.2, 0) is 9.53 Å². The Morgan fingerprint density at radius 2 is 1.87 bits per heavy atom. The van der Waals surface area contributed by atoms with Crippen molar-refractivity contribution in [2.75, 3.05) is 20.3 Å². The van der Waals surface area contributed by atoms with Gasteiger partial charge in [0.05, 0.1) is 42.2 Å².